The van der Waals surface area contributed by atoms with Gasteiger partial charge in [0, 0.05) is 40.7 Å². The average Bonchev–Trinajstić information content (AvgIpc) is 3.41. The molecule has 2 aliphatic rings. The Morgan fingerprint density at radius 1 is 1.34 bits per heavy atom. The molecule has 1 aliphatic heterocycles. The summed E-state index contributed by atoms with van der Waals surface area (Å²) in [6.07, 6.45) is 5.41. The Kier molecular flexibility index (Phi) is 5.92. The number of carbonyl (C=O) groups is 1. The first-order valence-electron chi connectivity index (χ1n) is 10.0. The van der Waals surface area contributed by atoms with Gasteiger partial charge >= 0.3 is 5.97 Å². The number of thioether (sulfide) groups is 1. The van der Waals surface area contributed by atoms with Crippen LogP contribution in [0.15, 0.2) is 17.1 Å². The third-order valence-corrected chi connectivity index (χ3v) is 6.60. The molecule has 8 heteroatoms. The number of ether oxygens (including phenoxy) is 1. The van der Waals surface area contributed by atoms with Crippen LogP contribution in [0.2, 0.25) is 0 Å². The molecule has 1 aliphatic carbocycles. The van der Waals surface area contributed by atoms with Gasteiger partial charge in [0.2, 0.25) is 5.43 Å². The van der Waals surface area contributed by atoms with Crippen molar-refractivity contribution in [2.45, 2.75) is 50.4 Å². The molecule has 1 unspecified atom stereocenters. The van der Waals surface area contributed by atoms with Crippen LogP contribution >= 0.6 is 11.8 Å². The minimum atomic E-state index is -1.06. The van der Waals surface area contributed by atoms with Gasteiger partial charge in [0.1, 0.15) is 5.56 Å². The predicted molar refractivity (Wildman–Crippen MR) is 110 cm³/mol. The van der Waals surface area contributed by atoms with Crippen molar-refractivity contribution in [2.75, 3.05) is 18.9 Å². The lowest BCUT2D eigenvalue weighted by atomic mass is 10.1. The van der Waals surface area contributed by atoms with E-state index in [2.05, 4.69) is 5.32 Å². The number of halogens is 2. The number of nitrogens with zero attached hydrogens (tertiary/aromatic N) is 1. The van der Waals surface area contributed by atoms with Crippen molar-refractivity contribution in [3.63, 3.8) is 0 Å². The number of aromatic nitrogens is 1. The summed E-state index contributed by atoms with van der Waals surface area (Å²) in [7, 11) is 0. The molecule has 1 aromatic heterocycles. The Labute approximate surface area is 171 Å². The summed E-state index contributed by atoms with van der Waals surface area (Å²) in [6, 6.07) is 1.38. The van der Waals surface area contributed by atoms with Crippen LogP contribution in [0.25, 0.3) is 10.9 Å². The van der Waals surface area contributed by atoms with Crippen LogP contribution in [0.3, 0.4) is 0 Å². The molecule has 0 amide bonds. The molecule has 2 heterocycles. The van der Waals surface area contributed by atoms with E-state index in [-0.39, 0.29) is 34.9 Å². The maximum absolute atomic E-state index is 14.8. The van der Waals surface area contributed by atoms with Crippen molar-refractivity contribution in [3.05, 3.63) is 45.2 Å². The second-order valence-corrected chi connectivity index (χ2v) is 8.62. The zero-order chi connectivity index (χ0) is 20.5. The Balaban J connectivity index is 1.79. The molecule has 5 nitrogen and oxygen atoms in total. The topological polar surface area (TPSA) is 60.3 Å². The monoisotopic (exact) mass is 422 g/mol. The fraction of sp³-hybridized carbons (Fsp3) is 0.524. The maximum Gasteiger partial charge on any atom is 0.343 e. The number of esters is 1. The van der Waals surface area contributed by atoms with E-state index in [4.69, 9.17) is 4.74 Å². The summed E-state index contributed by atoms with van der Waals surface area (Å²) in [5.41, 5.74) is -0.150. The highest BCUT2D eigenvalue weighted by molar-refractivity contribution is 7.98. The lowest BCUT2D eigenvalue weighted by Gasteiger charge is -2.17. The van der Waals surface area contributed by atoms with E-state index in [1.807, 2.05) is 0 Å². The van der Waals surface area contributed by atoms with Crippen molar-refractivity contribution in [2.24, 2.45) is 0 Å². The molecule has 4 rings (SSSR count). The molecule has 1 saturated heterocycles. The Hall–Kier alpha value is -1.93. The number of fused-ring (bicyclic) bond motifs is 1. The second-order valence-electron chi connectivity index (χ2n) is 7.59. The summed E-state index contributed by atoms with van der Waals surface area (Å²) >= 11 is 1.53. The van der Waals surface area contributed by atoms with E-state index in [9.17, 15) is 18.4 Å². The largest absolute Gasteiger partial charge is 0.462 e. The Bertz CT molecular complexity index is 998. The van der Waals surface area contributed by atoms with Gasteiger partial charge in [-0.1, -0.05) is 0 Å². The minimum absolute atomic E-state index is 0.0379. The van der Waals surface area contributed by atoms with Gasteiger partial charge in [0.15, 0.2) is 11.6 Å². The molecule has 1 saturated carbocycles. The molecule has 29 heavy (non-hydrogen) atoms. The van der Waals surface area contributed by atoms with Crippen LogP contribution < -0.4 is 10.7 Å². The number of pyridine rings is 1. The molecule has 156 valence electrons. The van der Waals surface area contributed by atoms with E-state index in [1.165, 1.54) is 18.0 Å². The first-order valence-corrected chi connectivity index (χ1v) is 11.2. The molecule has 0 bridgehead atoms. The molecule has 2 aromatic rings. The normalized spacial score (nSPS) is 19.1. The van der Waals surface area contributed by atoms with Gasteiger partial charge < -0.3 is 14.6 Å². The molecule has 2 fully saturated rings. The maximum atomic E-state index is 14.8. The van der Waals surface area contributed by atoms with Gasteiger partial charge in [-0.2, -0.15) is 11.8 Å². The smallest absolute Gasteiger partial charge is 0.343 e. The molecule has 0 spiro atoms. The Morgan fingerprint density at radius 3 is 2.79 bits per heavy atom. The highest BCUT2D eigenvalue weighted by Crippen LogP contribution is 2.39. The van der Waals surface area contributed by atoms with Crippen molar-refractivity contribution >= 4 is 28.6 Å². The number of carbonyl (C=O) groups excluding carboxylic acids is 1. The molecule has 0 radical (unpaired) electrons. The van der Waals surface area contributed by atoms with Crippen molar-refractivity contribution < 1.29 is 18.3 Å². The fourth-order valence-electron chi connectivity index (χ4n) is 3.87. The number of benzene rings is 1. The Morgan fingerprint density at radius 2 is 2.14 bits per heavy atom. The van der Waals surface area contributed by atoms with Crippen LogP contribution in [0.4, 0.5) is 8.78 Å². The van der Waals surface area contributed by atoms with Gasteiger partial charge in [-0.15, -0.1) is 0 Å². The quantitative estimate of drug-likeness (QED) is 0.689. The van der Waals surface area contributed by atoms with Gasteiger partial charge in [0.25, 0.3) is 0 Å². The third kappa shape index (κ3) is 4.05. The van der Waals surface area contributed by atoms with Crippen molar-refractivity contribution in [1.29, 1.82) is 0 Å². The molecule has 1 N–H and O–H groups in total. The van der Waals surface area contributed by atoms with Gasteiger partial charge in [-0.3, -0.25) is 4.79 Å². The van der Waals surface area contributed by atoms with E-state index in [1.54, 1.807) is 11.5 Å². The standard InChI is InChI=1S/C21H24F2N2O3S/c1-2-28-21(27)15-9-25(13-5-6-13)19-14(20(15)26)8-17(22)18(23)16(19)11-29-10-12-4-3-7-24-12/h8-9,12-13,24H,2-7,10-11H2,1H3. The number of nitrogens with one attached hydrogen (secondary N) is 1. The van der Waals surface area contributed by atoms with Crippen LogP contribution in [0, 0.1) is 11.6 Å². The SMILES string of the molecule is CCOC(=O)c1cn(C2CC2)c2c(CSCC3CCCN3)c(F)c(F)cc2c1=O. The summed E-state index contributed by atoms with van der Waals surface area (Å²) in [4.78, 5) is 25.2. The number of hydrogen-bond donors (Lipinski definition) is 1. The van der Waals surface area contributed by atoms with Crippen molar-refractivity contribution in [1.82, 2.24) is 9.88 Å². The van der Waals surface area contributed by atoms with Crippen molar-refractivity contribution in [3.8, 4) is 0 Å². The summed E-state index contributed by atoms with van der Waals surface area (Å²) in [5, 5.41) is 3.43. The summed E-state index contributed by atoms with van der Waals surface area (Å²) < 4.78 is 35.9. The van der Waals surface area contributed by atoms with Gasteiger partial charge in [-0.05, 0) is 45.2 Å². The third-order valence-electron chi connectivity index (χ3n) is 5.47. The molecular weight excluding hydrogens is 398 g/mol. The molecule has 1 aromatic carbocycles. The van der Waals surface area contributed by atoms with Crippen LogP contribution in [-0.4, -0.2) is 35.5 Å². The van der Waals surface area contributed by atoms with E-state index >= 15 is 0 Å². The highest BCUT2D eigenvalue weighted by Gasteiger charge is 2.30. The fourth-order valence-corrected chi connectivity index (χ4v) is 5.03. The summed E-state index contributed by atoms with van der Waals surface area (Å²) in [6.45, 7) is 2.77. The lowest BCUT2D eigenvalue weighted by Crippen LogP contribution is -2.24. The second kappa shape index (κ2) is 8.44. The zero-order valence-electron chi connectivity index (χ0n) is 16.3. The van der Waals surface area contributed by atoms with Crippen LogP contribution in [-0.2, 0) is 10.5 Å². The minimum Gasteiger partial charge on any atom is -0.462 e. The van der Waals surface area contributed by atoms with E-state index < -0.39 is 23.0 Å². The van der Waals surface area contributed by atoms with E-state index in [0.29, 0.717) is 11.6 Å². The average molecular weight is 422 g/mol. The molecule has 1 atom stereocenters. The molecular formula is C21H24F2N2O3S. The highest BCUT2D eigenvalue weighted by atomic mass is 32.2. The van der Waals surface area contributed by atoms with Crippen LogP contribution in [0.5, 0.6) is 0 Å². The zero-order valence-corrected chi connectivity index (χ0v) is 17.1. The van der Waals surface area contributed by atoms with Crippen LogP contribution in [0.1, 0.15) is 54.6 Å². The van der Waals surface area contributed by atoms with E-state index in [0.717, 1.165) is 44.0 Å². The first-order chi connectivity index (χ1) is 14.0. The first kappa shape index (κ1) is 20.3. The van der Waals surface area contributed by atoms with Gasteiger partial charge in [0.05, 0.1) is 12.1 Å². The lowest BCUT2D eigenvalue weighted by molar-refractivity contribution is 0.0524. The van der Waals surface area contributed by atoms with Gasteiger partial charge in [-0.25, -0.2) is 13.6 Å². The number of hydrogen-bond acceptors (Lipinski definition) is 5. The summed E-state index contributed by atoms with van der Waals surface area (Å²) in [5.74, 6) is -1.65. The predicted octanol–water partition coefficient (Wildman–Crippen LogP) is 3.78. The number of rotatable bonds is 7.